The SMILES string of the molecule is Cn1c(N)nc2cccc(O)c21. The number of para-hydroxylation sites is 1. The van der Waals surface area contributed by atoms with E-state index >= 15 is 0 Å². The molecule has 12 heavy (non-hydrogen) atoms. The summed E-state index contributed by atoms with van der Waals surface area (Å²) in [5.41, 5.74) is 6.96. The summed E-state index contributed by atoms with van der Waals surface area (Å²) in [6.45, 7) is 0. The third-order valence-electron chi connectivity index (χ3n) is 1.91. The maximum atomic E-state index is 9.45. The largest absolute Gasteiger partial charge is 0.506 e. The molecule has 1 heterocycles. The summed E-state index contributed by atoms with van der Waals surface area (Å²) in [5.74, 6) is 0.616. The van der Waals surface area contributed by atoms with Crippen molar-refractivity contribution in [2.24, 2.45) is 7.05 Å². The number of aromatic hydroxyl groups is 1. The number of rotatable bonds is 0. The molecule has 4 nitrogen and oxygen atoms in total. The fourth-order valence-electron chi connectivity index (χ4n) is 1.27. The molecule has 2 aromatic rings. The number of nitrogens with zero attached hydrogens (tertiary/aromatic N) is 2. The van der Waals surface area contributed by atoms with Crippen LogP contribution in [0.25, 0.3) is 11.0 Å². The van der Waals surface area contributed by atoms with Gasteiger partial charge in [0.2, 0.25) is 5.95 Å². The molecule has 1 aromatic carbocycles. The molecule has 62 valence electrons. The summed E-state index contributed by atoms with van der Waals surface area (Å²) in [6, 6.07) is 5.17. The number of hydrogen-bond acceptors (Lipinski definition) is 3. The van der Waals surface area contributed by atoms with Crippen molar-refractivity contribution in [3.63, 3.8) is 0 Å². The molecule has 1 aromatic heterocycles. The molecule has 0 amide bonds. The minimum Gasteiger partial charge on any atom is -0.506 e. The van der Waals surface area contributed by atoms with Crippen LogP contribution in [0.3, 0.4) is 0 Å². The van der Waals surface area contributed by atoms with E-state index in [0.29, 0.717) is 11.5 Å². The van der Waals surface area contributed by atoms with E-state index in [2.05, 4.69) is 4.98 Å². The van der Waals surface area contributed by atoms with Gasteiger partial charge in [-0.25, -0.2) is 4.98 Å². The zero-order valence-electron chi connectivity index (χ0n) is 6.65. The van der Waals surface area contributed by atoms with E-state index in [-0.39, 0.29) is 5.75 Å². The van der Waals surface area contributed by atoms with Crippen LogP contribution in [0.1, 0.15) is 0 Å². The molecule has 2 rings (SSSR count). The Hall–Kier alpha value is -1.71. The number of aryl methyl sites for hydroxylation is 1. The van der Waals surface area contributed by atoms with Gasteiger partial charge in [-0.1, -0.05) is 6.07 Å². The molecule has 0 radical (unpaired) electrons. The van der Waals surface area contributed by atoms with Gasteiger partial charge in [0, 0.05) is 7.05 Å². The lowest BCUT2D eigenvalue weighted by molar-refractivity contribution is 0.479. The number of phenolic OH excluding ortho intramolecular Hbond substituents is 1. The van der Waals surface area contributed by atoms with E-state index in [1.54, 1.807) is 23.7 Å². The number of phenols is 1. The zero-order valence-corrected chi connectivity index (χ0v) is 6.65. The van der Waals surface area contributed by atoms with Crippen molar-refractivity contribution in [3.05, 3.63) is 18.2 Å². The average molecular weight is 163 g/mol. The summed E-state index contributed by atoms with van der Waals surface area (Å²) < 4.78 is 1.66. The highest BCUT2D eigenvalue weighted by atomic mass is 16.3. The lowest BCUT2D eigenvalue weighted by Crippen LogP contribution is -1.96. The molecule has 0 fully saturated rings. The van der Waals surface area contributed by atoms with Gasteiger partial charge in [0.25, 0.3) is 0 Å². The second-order valence-electron chi connectivity index (χ2n) is 2.67. The monoisotopic (exact) mass is 163 g/mol. The van der Waals surface area contributed by atoms with Gasteiger partial charge >= 0.3 is 0 Å². The molecule has 0 unspecified atom stereocenters. The first kappa shape index (κ1) is 6.97. The van der Waals surface area contributed by atoms with Crippen LogP contribution in [0.2, 0.25) is 0 Å². The highest BCUT2D eigenvalue weighted by Gasteiger charge is 2.07. The second kappa shape index (κ2) is 2.14. The van der Waals surface area contributed by atoms with Crippen molar-refractivity contribution in [1.82, 2.24) is 9.55 Å². The standard InChI is InChI=1S/C8H9N3O/c1-11-7-5(10-8(11)9)3-2-4-6(7)12/h2-4,12H,1H3,(H2,9,10). The van der Waals surface area contributed by atoms with Crippen molar-refractivity contribution >= 4 is 17.0 Å². The van der Waals surface area contributed by atoms with Crippen molar-refractivity contribution in [2.75, 3.05) is 5.73 Å². The molecule has 0 aliphatic carbocycles. The number of hydrogen-bond donors (Lipinski definition) is 2. The van der Waals surface area contributed by atoms with E-state index < -0.39 is 0 Å². The Balaban J connectivity index is 2.97. The molecule has 4 heteroatoms. The van der Waals surface area contributed by atoms with Crippen LogP contribution in [0, 0.1) is 0 Å². The van der Waals surface area contributed by atoms with Gasteiger partial charge in [0.05, 0.1) is 5.52 Å². The molecule has 0 bridgehead atoms. The Labute approximate surface area is 69.3 Å². The first-order valence-electron chi connectivity index (χ1n) is 3.60. The number of fused-ring (bicyclic) bond motifs is 1. The maximum Gasteiger partial charge on any atom is 0.201 e. The molecule has 0 saturated heterocycles. The van der Waals surface area contributed by atoms with Crippen LogP contribution in [-0.2, 0) is 7.05 Å². The smallest absolute Gasteiger partial charge is 0.201 e. The van der Waals surface area contributed by atoms with Crippen molar-refractivity contribution in [1.29, 1.82) is 0 Å². The predicted molar refractivity (Wildman–Crippen MR) is 46.8 cm³/mol. The van der Waals surface area contributed by atoms with Crippen molar-refractivity contribution in [3.8, 4) is 5.75 Å². The van der Waals surface area contributed by atoms with Crippen LogP contribution in [0.4, 0.5) is 5.95 Å². The lowest BCUT2D eigenvalue weighted by Gasteiger charge is -1.97. The van der Waals surface area contributed by atoms with Crippen LogP contribution in [-0.4, -0.2) is 14.7 Å². The molecular formula is C8H9N3O. The van der Waals surface area contributed by atoms with E-state index in [0.717, 1.165) is 5.52 Å². The molecule has 0 saturated carbocycles. The first-order valence-corrected chi connectivity index (χ1v) is 3.60. The van der Waals surface area contributed by atoms with E-state index in [4.69, 9.17) is 5.73 Å². The van der Waals surface area contributed by atoms with Crippen molar-refractivity contribution < 1.29 is 5.11 Å². The molecular weight excluding hydrogens is 154 g/mol. The number of imidazole rings is 1. The third-order valence-corrected chi connectivity index (χ3v) is 1.91. The highest BCUT2D eigenvalue weighted by Crippen LogP contribution is 2.24. The van der Waals surface area contributed by atoms with Crippen LogP contribution in [0.5, 0.6) is 5.75 Å². The highest BCUT2D eigenvalue weighted by molar-refractivity contribution is 5.83. The number of nitrogens with two attached hydrogens (primary N) is 1. The van der Waals surface area contributed by atoms with Crippen LogP contribution >= 0.6 is 0 Å². The molecule has 3 N–H and O–H groups in total. The van der Waals surface area contributed by atoms with Gasteiger partial charge in [-0.3, -0.25) is 0 Å². The lowest BCUT2D eigenvalue weighted by atomic mass is 10.3. The molecule has 0 spiro atoms. The number of aromatic nitrogens is 2. The van der Waals surface area contributed by atoms with Crippen LogP contribution < -0.4 is 5.73 Å². The summed E-state index contributed by atoms with van der Waals surface area (Å²) in [4.78, 5) is 4.05. The summed E-state index contributed by atoms with van der Waals surface area (Å²) in [5, 5.41) is 9.45. The molecule has 0 aliphatic rings. The Morgan fingerprint density at radius 3 is 2.92 bits per heavy atom. The minimum absolute atomic E-state index is 0.208. The number of anilines is 1. The summed E-state index contributed by atoms with van der Waals surface area (Å²) >= 11 is 0. The van der Waals surface area contributed by atoms with Crippen LogP contribution in [0.15, 0.2) is 18.2 Å². The van der Waals surface area contributed by atoms with Gasteiger partial charge in [-0.15, -0.1) is 0 Å². The molecule has 0 aliphatic heterocycles. The summed E-state index contributed by atoms with van der Waals surface area (Å²) in [6.07, 6.45) is 0. The molecule has 0 atom stereocenters. The fraction of sp³-hybridized carbons (Fsp3) is 0.125. The number of nitrogen functional groups attached to an aromatic ring is 1. The second-order valence-corrected chi connectivity index (χ2v) is 2.67. The topological polar surface area (TPSA) is 64.1 Å². The summed E-state index contributed by atoms with van der Waals surface area (Å²) in [7, 11) is 1.77. The van der Waals surface area contributed by atoms with Gasteiger partial charge in [0.15, 0.2) is 0 Å². The van der Waals surface area contributed by atoms with Crippen molar-refractivity contribution in [2.45, 2.75) is 0 Å². The quantitative estimate of drug-likeness (QED) is 0.605. The zero-order chi connectivity index (χ0) is 8.72. The van der Waals surface area contributed by atoms with Gasteiger partial charge < -0.3 is 15.4 Å². The van der Waals surface area contributed by atoms with E-state index in [1.165, 1.54) is 0 Å². The van der Waals surface area contributed by atoms with Gasteiger partial charge in [-0.2, -0.15) is 0 Å². The Morgan fingerprint density at radius 1 is 1.50 bits per heavy atom. The van der Waals surface area contributed by atoms with E-state index in [1.807, 2.05) is 6.07 Å². The Bertz CT molecular complexity index is 433. The first-order chi connectivity index (χ1) is 5.70. The van der Waals surface area contributed by atoms with E-state index in [9.17, 15) is 5.11 Å². The normalized spacial score (nSPS) is 10.8. The minimum atomic E-state index is 0.208. The Morgan fingerprint density at radius 2 is 2.25 bits per heavy atom. The van der Waals surface area contributed by atoms with Gasteiger partial charge in [0.1, 0.15) is 11.3 Å². The third kappa shape index (κ3) is 0.747. The predicted octanol–water partition coefficient (Wildman–Crippen LogP) is 0.861. The fourth-order valence-corrected chi connectivity index (χ4v) is 1.27. The Kier molecular flexibility index (Phi) is 1.24. The van der Waals surface area contributed by atoms with Gasteiger partial charge in [-0.05, 0) is 12.1 Å². The number of benzene rings is 1. The average Bonchev–Trinajstić information content (AvgIpc) is 2.29. The maximum absolute atomic E-state index is 9.45.